The summed E-state index contributed by atoms with van der Waals surface area (Å²) < 4.78 is 7.22. The maximum atomic E-state index is 5.79. The van der Waals surface area contributed by atoms with Crippen LogP contribution in [0.5, 0.6) is 5.75 Å². The molecule has 0 aromatic carbocycles. The predicted molar refractivity (Wildman–Crippen MR) is 60.8 cm³/mol. The van der Waals surface area contributed by atoms with E-state index in [1.54, 1.807) is 11.3 Å². The number of allylic oxidation sites excluding steroid dienone is 4. The van der Waals surface area contributed by atoms with Gasteiger partial charge in [-0.3, -0.25) is 0 Å². The summed E-state index contributed by atoms with van der Waals surface area (Å²) in [6.07, 6.45) is 5.73. The van der Waals surface area contributed by atoms with Crippen LogP contribution in [-0.2, 0) is 20.4 Å². The topological polar surface area (TPSA) is 9.23 Å². The molecule has 0 N–H and O–H groups in total. The summed E-state index contributed by atoms with van der Waals surface area (Å²) in [4.78, 5) is 1.27. The molecule has 2 rings (SSSR count). The summed E-state index contributed by atoms with van der Waals surface area (Å²) in [7, 11) is 0. The van der Waals surface area contributed by atoms with Gasteiger partial charge in [-0.1, -0.05) is 0 Å². The number of hydrogen-bond acceptors (Lipinski definition) is 2. The van der Waals surface area contributed by atoms with Gasteiger partial charge < -0.3 is 24.8 Å². The van der Waals surface area contributed by atoms with Crippen molar-refractivity contribution < 1.29 is 50.0 Å². The van der Waals surface area contributed by atoms with Crippen LogP contribution in [0, 0.1) is 0 Å². The van der Waals surface area contributed by atoms with Gasteiger partial charge in [-0.05, 0) is 0 Å². The van der Waals surface area contributed by atoms with E-state index in [0.29, 0.717) is 0 Å². The second kappa shape index (κ2) is 7.65. The van der Waals surface area contributed by atoms with E-state index in [1.807, 2.05) is 0 Å². The van der Waals surface area contributed by atoms with Gasteiger partial charge in [-0.15, -0.1) is 0 Å². The number of ether oxygens (including phenoxy) is 1. The monoisotopic (exact) mass is 323 g/mol. The minimum absolute atomic E-state index is 0. The number of hydrogen-bond donors (Lipinski definition) is 0. The van der Waals surface area contributed by atoms with Crippen LogP contribution >= 0.6 is 11.3 Å². The Labute approximate surface area is 131 Å². The van der Waals surface area contributed by atoms with E-state index in [2.05, 4.69) is 57.9 Å². The van der Waals surface area contributed by atoms with Crippen LogP contribution in [0.3, 0.4) is 0 Å². The van der Waals surface area contributed by atoms with Crippen LogP contribution in [0.15, 0.2) is 27.5 Å². The zero-order chi connectivity index (χ0) is 10.8. The van der Waals surface area contributed by atoms with Crippen molar-refractivity contribution in [2.75, 3.05) is 0 Å². The Morgan fingerprint density at radius 2 is 2.06 bits per heavy atom. The maximum absolute atomic E-state index is 5.79. The Bertz CT molecular complexity index is 424. The summed E-state index contributed by atoms with van der Waals surface area (Å²) in [6.45, 7) is 4.13. The molecule has 1 aromatic heterocycles. The second-order valence-corrected chi connectivity index (χ2v) is 5.64. The number of halogens is 2. The van der Waals surface area contributed by atoms with Gasteiger partial charge in [0.15, 0.2) is 0 Å². The van der Waals surface area contributed by atoms with Crippen LogP contribution in [0.1, 0.15) is 25.1 Å². The Kier molecular flexibility index (Phi) is 7.78. The quantitative estimate of drug-likeness (QED) is 0.572. The van der Waals surface area contributed by atoms with Crippen molar-refractivity contribution >= 4 is 16.9 Å². The summed E-state index contributed by atoms with van der Waals surface area (Å²) in [5, 5.41) is 2.10. The molecule has 1 aromatic rings. The smallest absolute Gasteiger partial charge is 1.00 e. The minimum atomic E-state index is 0. The first kappa shape index (κ1) is 17.3. The van der Waals surface area contributed by atoms with E-state index < -0.39 is 0 Å². The van der Waals surface area contributed by atoms with Crippen molar-refractivity contribution in [2.24, 2.45) is 0 Å². The van der Waals surface area contributed by atoms with Gasteiger partial charge in [0.05, 0.1) is 0 Å². The molecule has 0 saturated heterocycles. The molecule has 0 radical (unpaired) electrons. The fraction of sp³-hybridized carbons (Fsp3) is 0.333. The zero-order valence-electron chi connectivity index (χ0n) is 9.67. The Morgan fingerprint density at radius 3 is 2.59 bits per heavy atom. The first-order valence-corrected chi connectivity index (χ1v) is 6.70. The van der Waals surface area contributed by atoms with Crippen LogP contribution in [0.25, 0.3) is 5.57 Å². The fourth-order valence-electron chi connectivity index (χ4n) is 1.56. The molecule has 0 aliphatic heterocycles. The Morgan fingerprint density at radius 1 is 1.35 bits per heavy atom. The molecule has 1 heterocycles. The van der Waals surface area contributed by atoms with E-state index in [1.165, 1.54) is 14.3 Å². The van der Waals surface area contributed by atoms with E-state index >= 15 is 0 Å². The average molecular weight is 324 g/mol. The second-order valence-electron chi connectivity index (χ2n) is 3.78. The van der Waals surface area contributed by atoms with Gasteiger partial charge in [-0.25, -0.2) is 0 Å². The van der Waals surface area contributed by atoms with Crippen LogP contribution < -0.4 is 29.6 Å². The molecule has 91 valence electrons. The van der Waals surface area contributed by atoms with Crippen molar-refractivity contribution in [1.82, 2.24) is 0 Å². The molecule has 0 bridgehead atoms. The van der Waals surface area contributed by atoms with Gasteiger partial charge >= 0.3 is 107 Å². The third kappa shape index (κ3) is 4.15. The maximum Gasteiger partial charge on any atom is -1.00 e. The van der Waals surface area contributed by atoms with E-state index in [0.717, 1.165) is 12.2 Å². The predicted octanol–water partition coefficient (Wildman–Crippen LogP) is -2.24. The molecule has 0 unspecified atom stereocenters. The Hall–Kier alpha value is 0.274. The molecular weight excluding hydrogens is 311 g/mol. The number of thiophene rings is 1. The first-order valence-electron chi connectivity index (χ1n) is 5.04. The normalized spacial score (nSPS) is 13.7. The molecule has 0 spiro atoms. The van der Waals surface area contributed by atoms with Crippen LogP contribution in [-0.4, -0.2) is 6.10 Å². The van der Waals surface area contributed by atoms with E-state index in [4.69, 9.17) is 4.74 Å². The Balaban J connectivity index is 0.00000128. The van der Waals surface area contributed by atoms with E-state index in [-0.39, 0.29) is 30.9 Å². The molecule has 5 heteroatoms. The summed E-state index contributed by atoms with van der Waals surface area (Å²) in [5.74, 6) is 1.02. The fourth-order valence-corrected chi connectivity index (χ4v) is 3.09. The zero-order valence-corrected chi connectivity index (χ0v) is 13.6. The molecule has 1 aliphatic rings. The van der Waals surface area contributed by atoms with Crippen molar-refractivity contribution in [3.63, 3.8) is 0 Å². The summed E-state index contributed by atoms with van der Waals surface area (Å²) in [5.41, 5.74) is 1.35. The minimum Gasteiger partial charge on any atom is -1.00 e. The number of rotatable bonds is 3. The molecule has 0 amide bonds. The van der Waals surface area contributed by atoms with Gasteiger partial charge in [0.25, 0.3) is 0 Å². The summed E-state index contributed by atoms with van der Waals surface area (Å²) >= 11 is 3.95. The average Bonchev–Trinajstić information content (AvgIpc) is 2.73. The van der Waals surface area contributed by atoms with Crippen LogP contribution in [0.4, 0.5) is 0 Å². The third-order valence-electron chi connectivity index (χ3n) is 2.17. The molecule has 1 nitrogen and oxygen atoms in total. The molecule has 0 saturated carbocycles. The van der Waals surface area contributed by atoms with Crippen molar-refractivity contribution in [3.05, 3.63) is 32.4 Å². The van der Waals surface area contributed by atoms with Crippen LogP contribution in [0.2, 0.25) is 0 Å². The van der Waals surface area contributed by atoms with E-state index in [9.17, 15) is 0 Å². The summed E-state index contributed by atoms with van der Waals surface area (Å²) in [6, 6.07) is 2.06. The first-order chi connectivity index (χ1) is 7.18. The van der Waals surface area contributed by atoms with Gasteiger partial charge in [0, 0.05) is 0 Å². The SMILES string of the molecule is CC(C)Oc1ccsc1C1=[C]([Ti+2])CC=C1.[Cl-].[Cl-]. The molecule has 0 atom stereocenters. The van der Waals surface area contributed by atoms with Crippen molar-refractivity contribution in [3.8, 4) is 5.75 Å². The molecule has 0 fully saturated rings. The largest absolute Gasteiger partial charge is 1.00 e. The molecular formula is C12H13Cl2OSTi. The van der Waals surface area contributed by atoms with Crippen molar-refractivity contribution in [1.29, 1.82) is 0 Å². The standard InChI is InChI=1S/C12H13OS.2ClH.Ti/c1-9(2)13-11-7-8-14-12(11)10-5-3-4-6-10;;;/h3,5,7-9H,4H2,1-2H3;2*1H;/q;;;+2/p-2. The van der Waals surface area contributed by atoms with Gasteiger partial charge in [0.2, 0.25) is 0 Å². The van der Waals surface area contributed by atoms with Gasteiger partial charge in [0.1, 0.15) is 0 Å². The van der Waals surface area contributed by atoms with Crippen molar-refractivity contribution in [2.45, 2.75) is 26.4 Å². The molecule has 17 heavy (non-hydrogen) atoms. The third-order valence-corrected chi connectivity index (χ3v) is 3.84. The molecule has 1 aliphatic carbocycles. The van der Waals surface area contributed by atoms with Gasteiger partial charge in [-0.2, -0.15) is 0 Å².